The smallest absolute Gasteiger partial charge is 0.166 e. The second kappa shape index (κ2) is 14.4. The number of rotatable bonds is 12. The van der Waals surface area contributed by atoms with Gasteiger partial charge in [-0.25, -0.2) is 13.2 Å². The molecule has 0 heterocycles. The number of hydrogen-bond acceptors (Lipinski definition) is 0. The average molecular weight is 531 g/mol. The standard InChI is InChI=1S/C36H41F3/c1-3-5-7-8-10-12-30-21-24-33(36(39)35(30)38)29-19-17-28(18-20-29)32-23-22-31(25-34(32)37)27-15-13-26(14-16-27)11-9-6-4-2/h4,6,15,17-26H,3,5,7-14,16H2,1-2H3/b6-4+. The highest BCUT2D eigenvalue weighted by Gasteiger charge is 2.17. The first-order chi connectivity index (χ1) is 19.0. The third-order valence-electron chi connectivity index (χ3n) is 8.06. The van der Waals surface area contributed by atoms with Gasteiger partial charge in [0.25, 0.3) is 0 Å². The average Bonchev–Trinajstić information content (AvgIpc) is 2.96. The first-order valence-corrected chi connectivity index (χ1v) is 14.7. The van der Waals surface area contributed by atoms with E-state index in [1.165, 1.54) is 18.4 Å². The lowest BCUT2D eigenvalue weighted by Crippen LogP contribution is -2.05. The molecular weight excluding hydrogens is 489 g/mol. The monoisotopic (exact) mass is 530 g/mol. The third-order valence-corrected chi connectivity index (χ3v) is 8.06. The fraction of sp³-hybridized carbons (Fsp3) is 0.389. The molecule has 0 bridgehead atoms. The Bertz CT molecular complexity index is 1280. The lowest BCUT2D eigenvalue weighted by Gasteiger charge is -2.22. The van der Waals surface area contributed by atoms with Crippen molar-refractivity contribution >= 4 is 5.57 Å². The molecule has 206 valence electrons. The van der Waals surface area contributed by atoms with Crippen LogP contribution in [0.25, 0.3) is 27.8 Å². The minimum absolute atomic E-state index is 0.234. The normalized spacial score (nSPS) is 15.6. The number of hydrogen-bond donors (Lipinski definition) is 0. The van der Waals surface area contributed by atoms with Gasteiger partial charge < -0.3 is 0 Å². The van der Waals surface area contributed by atoms with Crippen LogP contribution < -0.4 is 0 Å². The summed E-state index contributed by atoms with van der Waals surface area (Å²) in [4.78, 5) is 0. The molecule has 39 heavy (non-hydrogen) atoms. The van der Waals surface area contributed by atoms with Crippen molar-refractivity contribution in [3.8, 4) is 22.3 Å². The largest absolute Gasteiger partial charge is 0.206 e. The third kappa shape index (κ3) is 7.53. The van der Waals surface area contributed by atoms with Gasteiger partial charge in [-0.15, -0.1) is 0 Å². The zero-order valence-corrected chi connectivity index (χ0v) is 23.4. The first-order valence-electron chi connectivity index (χ1n) is 14.7. The Morgan fingerprint density at radius 3 is 2.15 bits per heavy atom. The maximum absolute atomic E-state index is 15.2. The van der Waals surface area contributed by atoms with Crippen LogP contribution in [0.4, 0.5) is 13.2 Å². The van der Waals surface area contributed by atoms with Gasteiger partial charge in [-0.05, 0) is 91.7 Å². The highest BCUT2D eigenvalue weighted by Crippen LogP contribution is 2.35. The second-order valence-electron chi connectivity index (χ2n) is 10.9. The van der Waals surface area contributed by atoms with Gasteiger partial charge in [0.1, 0.15) is 5.82 Å². The molecule has 0 nitrogen and oxygen atoms in total. The molecule has 1 atom stereocenters. The molecule has 4 rings (SSSR count). The molecule has 0 saturated carbocycles. The summed E-state index contributed by atoms with van der Waals surface area (Å²) in [6, 6.07) is 15.8. The number of halogens is 3. The highest BCUT2D eigenvalue weighted by molar-refractivity contribution is 5.74. The van der Waals surface area contributed by atoms with Crippen molar-refractivity contribution in [2.45, 2.75) is 84.5 Å². The van der Waals surface area contributed by atoms with Crippen molar-refractivity contribution in [2.24, 2.45) is 5.92 Å². The molecule has 3 aromatic rings. The van der Waals surface area contributed by atoms with Gasteiger partial charge in [-0.3, -0.25) is 0 Å². The second-order valence-corrected chi connectivity index (χ2v) is 10.9. The van der Waals surface area contributed by atoms with Gasteiger partial charge in [0.15, 0.2) is 11.6 Å². The zero-order chi connectivity index (χ0) is 27.6. The van der Waals surface area contributed by atoms with E-state index in [0.29, 0.717) is 34.6 Å². The fourth-order valence-corrected chi connectivity index (χ4v) is 5.61. The maximum atomic E-state index is 15.2. The van der Waals surface area contributed by atoms with Crippen molar-refractivity contribution in [1.82, 2.24) is 0 Å². The number of allylic oxidation sites excluding steroid dienone is 4. The van der Waals surface area contributed by atoms with Gasteiger partial charge in [0.2, 0.25) is 0 Å². The van der Waals surface area contributed by atoms with E-state index < -0.39 is 11.6 Å². The predicted molar refractivity (Wildman–Crippen MR) is 159 cm³/mol. The molecule has 0 aromatic heterocycles. The molecule has 0 aliphatic heterocycles. The molecule has 0 N–H and O–H groups in total. The van der Waals surface area contributed by atoms with Crippen molar-refractivity contribution in [1.29, 1.82) is 0 Å². The fourth-order valence-electron chi connectivity index (χ4n) is 5.61. The van der Waals surface area contributed by atoms with E-state index in [2.05, 4.69) is 32.1 Å². The summed E-state index contributed by atoms with van der Waals surface area (Å²) in [5.41, 5.74) is 4.65. The molecule has 0 radical (unpaired) electrons. The molecule has 0 fully saturated rings. The summed E-state index contributed by atoms with van der Waals surface area (Å²) in [5, 5.41) is 0. The summed E-state index contributed by atoms with van der Waals surface area (Å²) < 4.78 is 44.9. The molecule has 0 amide bonds. The SMILES string of the molecule is C/C=C/CCC1CC=C(c2ccc(-c3ccc(-c4ccc(CCCCCCC)c(F)c4F)cc3)c(F)c2)CC1. The van der Waals surface area contributed by atoms with Crippen molar-refractivity contribution in [2.75, 3.05) is 0 Å². The predicted octanol–water partition coefficient (Wildman–Crippen LogP) is 11.5. The van der Waals surface area contributed by atoms with E-state index in [9.17, 15) is 8.78 Å². The van der Waals surface area contributed by atoms with Crippen molar-refractivity contribution in [3.63, 3.8) is 0 Å². The van der Waals surface area contributed by atoms with Crippen molar-refractivity contribution in [3.05, 3.63) is 101 Å². The number of benzene rings is 3. The van der Waals surface area contributed by atoms with E-state index in [1.54, 1.807) is 42.5 Å². The molecular formula is C36H41F3. The quantitative estimate of drug-likeness (QED) is 0.161. The molecule has 0 saturated heterocycles. The van der Waals surface area contributed by atoms with E-state index in [4.69, 9.17) is 0 Å². The van der Waals surface area contributed by atoms with Gasteiger partial charge >= 0.3 is 0 Å². The summed E-state index contributed by atoms with van der Waals surface area (Å²) in [5.74, 6) is -1.13. The lowest BCUT2D eigenvalue weighted by atomic mass is 9.84. The molecule has 3 aromatic carbocycles. The van der Waals surface area contributed by atoms with Gasteiger partial charge in [0, 0.05) is 11.1 Å². The minimum atomic E-state index is -0.811. The van der Waals surface area contributed by atoms with Crippen LogP contribution in [0.5, 0.6) is 0 Å². The molecule has 0 spiro atoms. The number of unbranched alkanes of at least 4 members (excludes halogenated alkanes) is 4. The van der Waals surface area contributed by atoms with Crippen LogP contribution in [-0.2, 0) is 6.42 Å². The molecule has 1 unspecified atom stereocenters. The first kappa shape index (κ1) is 28.9. The number of aryl methyl sites for hydroxylation is 1. The minimum Gasteiger partial charge on any atom is -0.206 e. The van der Waals surface area contributed by atoms with Crippen LogP contribution in [0, 0.1) is 23.4 Å². The summed E-state index contributed by atoms with van der Waals surface area (Å²) >= 11 is 0. The van der Waals surface area contributed by atoms with Crippen LogP contribution in [-0.4, -0.2) is 0 Å². The summed E-state index contributed by atoms with van der Waals surface area (Å²) in [6.45, 7) is 4.21. The maximum Gasteiger partial charge on any atom is 0.166 e. The summed E-state index contributed by atoms with van der Waals surface area (Å²) in [6.07, 6.45) is 18.0. The van der Waals surface area contributed by atoms with Crippen molar-refractivity contribution < 1.29 is 13.2 Å². The van der Waals surface area contributed by atoms with E-state index in [0.717, 1.165) is 56.9 Å². The van der Waals surface area contributed by atoms with Crippen LogP contribution in [0.1, 0.15) is 89.2 Å². The van der Waals surface area contributed by atoms with E-state index in [-0.39, 0.29) is 11.4 Å². The Morgan fingerprint density at radius 2 is 1.49 bits per heavy atom. The Kier molecular flexibility index (Phi) is 10.6. The molecule has 1 aliphatic rings. The Hall–Kier alpha value is -3.07. The van der Waals surface area contributed by atoms with Crippen LogP contribution in [0.2, 0.25) is 0 Å². The topological polar surface area (TPSA) is 0 Å². The molecule has 3 heteroatoms. The van der Waals surface area contributed by atoms with Crippen LogP contribution in [0.15, 0.2) is 72.8 Å². The van der Waals surface area contributed by atoms with E-state index >= 15 is 4.39 Å². The zero-order valence-electron chi connectivity index (χ0n) is 23.4. The Balaban J connectivity index is 1.43. The van der Waals surface area contributed by atoms with Crippen LogP contribution >= 0.6 is 0 Å². The van der Waals surface area contributed by atoms with Crippen LogP contribution in [0.3, 0.4) is 0 Å². The lowest BCUT2D eigenvalue weighted by molar-refractivity contribution is 0.454. The Morgan fingerprint density at radius 1 is 0.795 bits per heavy atom. The Labute approximate surface area is 232 Å². The highest BCUT2D eigenvalue weighted by atomic mass is 19.2. The van der Waals surface area contributed by atoms with Gasteiger partial charge in [-0.1, -0.05) is 99.4 Å². The molecule has 1 aliphatic carbocycles. The van der Waals surface area contributed by atoms with Gasteiger partial charge in [0.05, 0.1) is 0 Å². The van der Waals surface area contributed by atoms with E-state index in [1.807, 2.05) is 12.1 Å². The summed E-state index contributed by atoms with van der Waals surface area (Å²) in [7, 11) is 0. The van der Waals surface area contributed by atoms with Gasteiger partial charge in [-0.2, -0.15) is 0 Å².